The number of amides is 3. The Morgan fingerprint density at radius 3 is 2.41 bits per heavy atom. The van der Waals surface area contributed by atoms with Crippen LogP contribution in [0.3, 0.4) is 0 Å². The molecule has 1 atom stereocenters. The minimum atomic E-state index is -1.10. The van der Waals surface area contributed by atoms with Gasteiger partial charge in [-0.15, -0.1) is 0 Å². The summed E-state index contributed by atoms with van der Waals surface area (Å²) in [5.74, 6) is -1.50. The van der Waals surface area contributed by atoms with Crippen LogP contribution in [0, 0.1) is 0 Å². The molecule has 9 nitrogen and oxygen atoms in total. The maximum atomic E-state index is 13.3. The first kappa shape index (κ1) is 25.7. The molecule has 37 heavy (non-hydrogen) atoms. The van der Waals surface area contributed by atoms with Crippen LogP contribution in [0.15, 0.2) is 72.8 Å². The number of halogens is 1. The van der Waals surface area contributed by atoms with Crippen molar-refractivity contribution in [2.75, 3.05) is 28.7 Å². The van der Waals surface area contributed by atoms with Gasteiger partial charge in [0.05, 0.1) is 30.0 Å². The zero-order valence-corrected chi connectivity index (χ0v) is 20.7. The Bertz CT molecular complexity index is 1310. The van der Waals surface area contributed by atoms with Crippen molar-refractivity contribution in [2.24, 2.45) is 0 Å². The van der Waals surface area contributed by atoms with Crippen molar-refractivity contribution in [1.82, 2.24) is 0 Å². The van der Waals surface area contributed by atoms with Crippen molar-refractivity contribution < 1.29 is 28.7 Å². The first-order valence-corrected chi connectivity index (χ1v) is 11.9. The number of fused-ring (bicyclic) bond motifs is 1. The van der Waals surface area contributed by atoms with Crippen LogP contribution in [-0.4, -0.2) is 42.9 Å². The van der Waals surface area contributed by atoms with E-state index in [0.717, 1.165) is 0 Å². The number of nitrogens with one attached hydrogen (secondary N) is 2. The molecule has 0 saturated carbocycles. The number of hydrogen-bond donors (Lipinski definition) is 2. The van der Waals surface area contributed by atoms with Crippen molar-refractivity contribution in [3.63, 3.8) is 0 Å². The van der Waals surface area contributed by atoms with Gasteiger partial charge in [-0.2, -0.15) is 0 Å². The Balaban J connectivity index is 1.49. The molecule has 0 aliphatic carbocycles. The molecule has 10 heteroatoms. The highest BCUT2D eigenvalue weighted by Crippen LogP contribution is 2.33. The maximum Gasteiger partial charge on any atom is 0.338 e. The molecule has 1 aliphatic heterocycles. The molecule has 0 aromatic heterocycles. The molecule has 3 aromatic rings. The van der Waals surface area contributed by atoms with E-state index in [9.17, 15) is 19.2 Å². The molecule has 4 rings (SSSR count). The number of anilines is 3. The molecule has 190 valence electrons. The topological polar surface area (TPSA) is 114 Å². The third-order valence-corrected chi connectivity index (χ3v) is 5.79. The molecule has 1 aliphatic rings. The van der Waals surface area contributed by atoms with Gasteiger partial charge in [0.2, 0.25) is 11.8 Å². The summed E-state index contributed by atoms with van der Waals surface area (Å²) in [6.45, 7) is 1.62. The lowest BCUT2D eigenvalue weighted by Gasteiger charge is -2.36. The minimum absolute atomic E-state index is 0.254. The maximum absolute atomic E-state index is 13.3. The van der Waals surface area contributed by atoms with Crippen LogP contribution in [-0.2, 0) is 19.1 Å². The molecule has 0 saturated heterocycles. The van der Waals surface area contributed by atoms with Crippen LogP contribution >= 0.6 is 11.6 Å². The lowest BCUT2D eigenvalue weighted by Crippen LogP contribution is -2.53. The molecule has 3 amide bonds. The quantitative estimate of drug-likeness (QED) is 0.428. The molecule has 0 radical (unpaired) electrons. The Morgan fingerprint density at radius 1 is 1.00 bits per heavy atom. The summed E-state index contributed by atoms with van der Waals surface area (Å²) in [4.78, 5) is 52.2. The number of carbonyl (C=O) groups is 4. The van der Waals surface area contributed by atoms with Gasteiger partial charge >= 0.3 is 5.97 Å². The summed E-state index contributed by atoms with van der Waals surface area (Å²) >= 11 is 5.89. The lowest BCUT2D eigenvalue weighted by molar-refractivity contribution is -0.127. The second kappa shape index (κ2) is 11.6. The van der Waals surface area contributed by atoms with Crippen molar-refractivity contribution in [3.8, 4) is 5.75 Å². The Labute approximate surface area is 218 Å². The first-order valence-electron chi connectivity index (χ1n) is 11.5. The van der Waals surface area contributed by atoms with Crippen LogP contribution in [0.5, 0.6) is 5.75 Å². The molecular weight excluding hydrogens is 498 g/mol. The number of carbonyl (C=O) groups excluding carboxylic acids is 4. The summed E-state index contributed by atoms with van der Waals surface area (Å²) in [5, 5.41) is 5.99. The van der Waals surface area contributed by atoms with Gasteiger partial charge in [0.15, 0.2) is 6.61 Å². The Hall–Kier alpha value is -4.37. The van der Waals surface area contributed by atoms with E-state index in [1.54, 1.807) is 67.6 Å². The van der Waals surface area contributed by atoms with Crippen LogP contribution < -0.4 is 20.3 Å². The summed E-state index contributed by atoms with van der Waals surface area (Å²) in [7, 11) is 0. The number of hydrogen-bond acceptors (Lipinski definition) is 6. The fourth-order valence-corrected chi connectivity index (χ4v) is 3.95. The van der Waals surface area contributed by atoms with Crippen molar-refractivity contribution >= 4 is 52.4 Å². The average molecular weight is 522 g/mol. The smallest absolute Gasteiger partial charge is 0.338 e. The summed E-state index contributed by atoms with van der Waals surface area (Å²) in [6.07, 6.45) is -0.299. The highest BCUT2D eigenvalue weighted by molar-refractivity contribution is 6.30. The number of rotatable bonds is 8. The van der Waals surface area contributed by atoms with E-state index in [0.29, 0.717) is 33.4 Å². The van der Waals surface area contributed by atoms with Gasteiger partial charge < -0.3 is 20.1 Å². The van der Waals surface area contributed by atoms with Gasteiger partial charge in [0.25, 0.3) is 5.91 Å². The third kappa shape index (κ3) is 6.25. The van der Waals surface area contributed by atoms with Crippen LogP contribution in [0.4, 0.5) is 17.1 Å². The largest absolute Gasteiger partial charge is 0.484 e. The third-order valence-electron chi connectivity index (χ3n) is 5.54. The molecule has 0 bridgehead atoms. The zero-order chi connectivity index (χ0) is 26.4. The van der Waals surface area contributed by atoms with Crippen LogP contribution in [0.1, 0.15) is 23.7 Å². The molecule has 0 fully saturated rings. The summed E-state index contributed by atoms with van der Waals surface area (Å²) in [6, 6.07) is 18.4. The predicted molar refractivity (Wildman–Crippen MR) is 139 cm³/mol. The monoisotopic (exact) mass is 521 g/mol. The number of para-hydroxylation sites is 2. The average Bonchev–Trinajstić information content (AvgIpc) is 2.89. The van der Waals surface area contributed by atoms with E-state index in [2.05, 4.69) is 10.6 Å². The lowest BCUT2D eigenvalue weighted by atomic mass is 10.0. The predicted octanol–water partition coefficient (Wildman–Crippen LogP) is 4.28. The first-order chi connectivity index (χ1) is 17.9. The van der Waals surface area contributed by atoms with Crippen molar-refractivity contribution in [2.45, 2.75) is 19.4 Å². The summed E-state index contributed by atoms with van der Waals surface area (Å²) in [5.41, 5.74) is 1.70. The van der Waals surface area contributed by atoms with Gasteiger partial charge in [-0.1, -0.05) is 23.7 Å². The van der Waals surface area contributed by atoms with Gasteiger partial charge in [-0.05, 0) is 67.6 Å². The number of esters is 1. The molecule has 1 unspecified atom stereocenters. The van der Waals surface area contributed by atoms with E-state index in [-0.39, 0.29) is 19.6 Å². The molecule has 1 heterocycles. The van der Waals surface area contributed by atoms with Crippen LogP contribution in [0.25, 0.3) is 0 Å². The fourth-order valence-electron chi connectivity index (χ4n) is 3.82. The molecule has 0 spiro atoms. The van der Waals surface area contributed by atoms with E-state index < -0.39 is 29.7 Å². The van der Waals surface area contributed by atoms with Gasteiger partial charge in [-0.3, -0.25) is 19.3 Å². The highest BCUT2D eigenvalue weighted by Gasteiger charge is 2.38. The van der Waals surface area contributed by atoms with E-state index in [4.69, 9.17) is 21.1 Å². The minimum Gasteiger partial charge on any atom is -0.484 e. The van der Waals surface area contributed by atoms with Gasteiger partial charge in [-0.25, -0.2) is 4.79 Å². The normalized spacial score (nSPS) is 14.3. The zero-order valence-electron chi connectivity index (χ0n) is 19.9. The molecular formula is C27H24ClN3O6. The van der Waals surface area contributed by atoms with E-state index in [1.165, 1.54) is 17.0 Å². The van der Waals surface area contributed by atoms with Crippen molar-refractivity contribution in [1.29, 1.82) is 0 Å². The summed E-state index contributed by atoms with van der Waals surface area (Å²) < 4.78 is 10.6. The van der Waals surface area contributed by atoms with E-state index >= 15 is 0 Å². The van der Waals surface area contributed by atoms with Crippen LogP contribution in [0.2, 0.25) is 5.02 Å². The van der Waals surface area contributed by atoms with Gasteiger partial charge in [0, 0.05) is 10.7 Å². The molecule has 2 N–H and O–H groups in total. The SMILES string of the molecule is CCOC(=O)c1ccc(NC(=O)CC2C(=O)Nc3ccccc3N2C(=O)COc2ccc(Cl)cc2)cc1. The van der Waals surface area contributed by atoms with E-state index in [1.807, 2.05) is 0 Å². The second-order valence-electron chi connectivity index (χ2n) is 8.08. The number of benzene rings is 3. The second-order valence-corrected chi connectivity index (χ2v) is 8.52. The number of nitrogens with zero attached hydrogens (tertiary/aromatic N) is 1. The Morgan fingerprint density at radius 2 is 1.70 bits per heavy atom. The Kier molecular flexibility index (Phi) is 8.05. The van der Waals surface area contributed by atoms with Gasteiger partial charge in [0.1, 0.15) is 11.8 Å². The number of ether oxygens (including phenoxy) is 2. The molecule has 3 aromatic carbocycles. The fraction of sp³-hybridized carbons (Fsp3) is 0.185. The highest BCUT2D eigenvalue weighted by atomic mass is 35.5. The van der Waals surface area contributed by atoms with Crippen molar-refractivity contribution in [3.05, 3.63) is 83.4 Å². The standard InChI is InChI=1S/C27H24ClN3O6/c1-2-36-27(35)17-7-11-19(12-8-17)29-24(32)15-23-26(34)30-21-5-3-4-6-22(21)31(23)25(33)16-37-20-13-9-18(28)10-14-20/h3-14,23H,2,15-16H2,1H3,(H,29,32)(H,30,34).